The number of hydrogen-bond acceptors (Lipinski definition) is 4. The van der Waals surface area contributed by atoms with Crippen molar-refractivity contribution in [1.29, 1.82) is 5.41 Å². The van der Waals surface area contributed by atoms with Gasteiger partial charge in [0.1, 0.15) is 18.6 Å². The maximum Gasteiger partial charge on any atom is 0.326 e. The second-order valence-electron chi connectivity index (χ2n) is 2.93. The van der Waals surface area contributed by atoms with Crippen LogP contribution in [0.15, 0.2) is 0 Å². The Morgan fingerprint density at radius 3 is 2.35 bits per heavy atom. The zero-order valence-corrected chi connectivity index (χ0v) is 11.7. The number of thiol groups is 1. The molecule has 1 atom stereocenters. The highest BCUT2D eigenvalue weighted by Crippen LogP contribution is 2.07. The highest BCUT2D eigenvalue weighted by Gasteiger charge is 2.26. The van der Waals surface area contributed by atoms with Crippen LogP contribution in [0.25, 0.3) is 0 Å². The number of carboxylic acids is 1. The molecule has 104 valence electrons. The minimum Gasteiger partial charge on any atom is -0.480 e. The summed E-state index contributed by atoms with van der Waals surface area (Å²) in [6.07, 6.45) is 0.251. The number of nitrogens with one attached hydrogen (secondary N) is 1. The number of carboxylic acid groups (broad SMARTS) is 1. The molecule has 0 aliphatic rings. The number of nitrogens with two attached hydrogens (primary N) is 1. The lowest BCUT2D eigenvalue weighted by molar-refractivity contribution is -0.141. The van der Waals surface area contributed by atoms with Gasteiger partial charge >= 0.3 is 5.97 Å². The Morgan fingerprint density at radius 2 is 2.06 bits per heavy atom. The maximum absolute atomic E-state index is 12.3. The van der Waals surface area contributed by atoms with Crippen LogP contribution in [-0.4, -0.2) is 53.4 Å². The molecule has 0 bridgehead atoms. The Bertz CT molecular complexity index is 237. The van der Waals surface area contributed by atoms with Gasteiger partial charge in [0.05, 0.1) is 0 Å². The van der Waals surface area contributed by atoms with Gasteiger partial charge in [0.25, 0.3) is 0 Å². The van der Waals surface area contributed by atoms with E-state index in [-0.39, 0.29) is 50.2 Å². The fraction of sp³-hybridized carbons (Fsp3) is 0.750. The number of carbonyl (C=O) groups is 1. The summed E-state index contributed by atoms with van der Waals surface area (Å²) in [7, 11) is 0. The lowest BCUT2D eigenvalue weighted by Gasteiger charge is -2.29. The molecule has 0 aliphatic carbocycles. The normalized spacial score (nSPS) is 10.8. The zero-order valence-electron chi connectivity index (χ0n) is 9.13. The molecule has 9 heteroatoms. The molecule has 0 saturated carbocycles. The van der Waals surface area contributed by atoms with Crippen molar-refractivity contribution in [3.8, 4) is 0 Å². The largest absolute Gasteiger partial charge is 0.480 e. The number of rotatable bonds is 7. The Hall–Kier alpha value is -0.240. The predicted octanol–water partition coefficient (Wildman–Crippen LogP) is 0.811. The molecule has 0 rings (SSSR count). The van der Waals surface area contributed by atoms with Gasteiger partial charge in [0, 0.05) is 13.1 Å². The van der Waals surface area contributed by atoms with Crippen LogP contribution in [-0.2, 0) is 4.79 Å². The van der Waals surface area contributed by atoms with Gasteiger partial charge in [0.15, 0.2) is 0 Å². The van der Waals surface area contributed by atoms with Crippen LogP contribution in [0, 0.1) is 5.41 Å². The van der Waals surface area contributed by atoms with E-state index in [2.05, 4.69) is 12.6 Å². The van der Waals surface area contributed by atoms with Gasteiger partial charge in [-0.3, -0.25) is 5.41 Å². The van der Waals surface area contributed by atoms with E-state index < -0.39 is 18.7 Å². The lowest BCUT2D eigenvalue weighted by atomic mass is 10.2. The number of hydrogen-bond donors (Lipinski definition) is 4. The van der Waals surface area contributed by atoms with Crippen LogP contribution < -0.4 is 5.73 Å². The van der Waals surface area contributed by atoms with E-state index in [4.69, 9.17) is 16.2 Å². The van der Waals surface area contributed by atoms with Crippen molar-refractivity contribution in [2.24, 2.45) is 5.73 Å². The number of halogens is 3. The molecule has 0 amide bonds. The topological polar surface area (TPSA) is 90.4 Å². The van der Waals surface area contributed by atoms with E-state index >= 15 is 0 Å². The summed E-state index contributed by atoms with van der Waals surface area (Å²) in [5.41, 5.74) is 5.28. The van der Waals surface area contributed by atoms with E-state index in [1.165, 1.54) is 4.90 Å². The highest BCUT2D eigenvalue weighted by atomic mass is 35.5. The van der Waals surface area contributed by atoms with Gasteiger partial charge in [0.2, 0.25) is 0 Å². The lowest BCUT2D eigenvalue weighted by Crippen LogP contribution is -2.48. The average Bonchev–Trinajstić information content (AvgIpc) is 2.21. The van der Waals surface area contributed by atoms with Gasteiger partial charge in [-0.05, 0) is 12.2 Å². The third-order valence-corrected chi connectivity index (χ3v) is 2.17. The van der Waals surface area contributed by atoms with Crippen molar-refractivity contribution in [1.82, 2.24) is 4.90 Å². The summed E-state index contributed by atoms with van der Waals surface area (Å²) >= 11 is 3.93. The number of nitrogens with zero attached hydrogens (tertiary/aromatic N) is 1. The molecule has 0 aromatic carbocycles. The van der Waals surface area contributed by atoms with Crippen molar-refractivity contribution in [2.75, 3.05) is 25.5 Å². The monoisotopic (exact) mass is 309 g/mol. The number of amidine groups is 1. The molecule has 5 nitrogen and oxygen atoms in total. The van der Waals surface area contributed by atoms with Gasteiger partial charge in [-0.15, -0.1) is 24.8 Å². The van der Waals surface area contributed by atoms with Gasteiger partial charge in [-0.25, -0.2) is 9.18 Å². The molecule has 0 aliphatic heterocycles. The van der Waals surface area contributed by atoms with Crippen molar-refractivity contribution in [3.05, 3.63) is 0 Å². The maximum atomic E-state index is 12.3. The minimum absolute atomic E-state index is 0. The molecule has 0 saturated heterocycles. The SMILES string of the molecule is Cl.Cl.N=C(CF)N(CCN)[C@@H](CCS)C(=O)O. The second-order valence-corrected chi connectivity index (χ2v) is 3.38. The molecule has 0 fully saturated rings. The Labute approximate surface area is 118 Å². The van der Waals surface area contributed by atoms with E-state index in [9.17, 15) is 9.18 Å². The Morgan fingerprint density at radius 1 is 1.53 bits per heavy atom. The molecule has 0 aromatic rings. The Kier molecular flexibility index (Phi) is 15.8. The fourth-order valence-corrected chi connectivity index (χ4v) is 1.47. The quantitative estimate of drug-likeness (QED) is 0.318. The molecule has 0 spiro atoms. The molecule has 0 unspecified atom stereocenters. The first-order valence-electron chi connectivity index (χ1n) is 4.52. The summed E-state index contributed by atoms with van der Waals surface area (Å²) in [6, 6.07) is -0.922. The van der Waals surface area contributed by atoms with Crippen LogP contribution in [0.1, 0.15) is 6.42 Å². The average molecular weight is 310 g/mol. The summed E-state index contributed by atoms with van der Waals surface area (Å²) in [4.78, 5) is 12.1. The van der Waals surface area contributed by atoms with Crippen LogP contribution in [0.5, 0.6) is 0 Å². The predicted molar refractivity (Wildman–Crippen MR) is 73.9 cm³/mol. The molecule has 0 radical (unpaired) electrons. The first kappa shape index (κ1) is 22.0. The molecular formula is C8H18Cl2FN3O2S. The standard InChI is InChI=1S/C8H16FN3O2S.2ClH/c9-5-7(11)12(3-2-10)6(1-4-15)8(13)14;;/h6,11,15H,1-5,10H2,(H,13,14);2*1H/t6-;;/m0../s1. The van der Waals surface area contributed by atoms with Gasteiger partial charge in [-0.2, -0.15) is 12.6 Å². The van der Waals surface area contributed by atoms with Crippen molar-refractivity contribution in [2.45, 2.75) is 12.5 Å². The van der Waals surface area contributed by atoms with E-state index in [0.29, 0.717) is 5.75 Å². The third-order valence-electron chi connectivity index (χ3n) is 1.91. The first-order valence-corrected chi connectivity index (χ1v) is 5.15. The first-order chi connectivity index (χ1) is 7.08. The van der Waals surface area contributed by atoms with Gasteiger partial charge < -0.3 is 15.7 Å². The summed E-state index contributed by atoms with van der Waals surface area (Å²) in [5.74, 6) is -1.08. The summed E-state index contributed by atoms with van der Waals surface area (Å²) in [6.45, 7) is -0.650. The number of aliphatic carboxylic acids is 1. The molecular weight excluding hydrogens is 292 g/mol. The minimum atomic E-state index is -1.09. The smallest absolute Gasteiger partial charge is 0.326 e. The second kappa shape index (κ2) is 12.2. The van der Waals surface area contributed by atoms with Crippen LogP contribution in [0.4, 0.5) is 4.39 Å². The van der Waals surface area contributed by atoms with E-state index in [1.807, 2.05) is 0 Å². The van der Waals surface area contributed by atoms with Gasteiger partial charge in [-0.1, -0.05) is 0 Å². The van der Waals surface area contributed by atoms with Crippen molar-refractivity contribution >= 4 is 49.2 Å². The molecule has 0 heterocycles. The highest BCUT2D eigenvalue weighted by molar-refractivity contribution is 7.80. The zero-order chi connectivity index (χ0) is 11.8. The number of alkyl halides is 1. The van der Waals surface area contributed by atoms with E-state index in [0.717, 1.165) is 0 Å². The fourth-order valence-electron chi connectivity index (χ4n) is 1.23. The van der Waals surface area contributed by atoms with Crippen LogP contribution in [0.3, 0.4) is 0 Å². The summed E-state index contributed by atoms with van der Waals surface area (Å²) < 4.78 is 12.3. The molecule has 4 N–H and O–H groups in total. The van der Waals surface area contributed by atoms with Crippen LogP contribution in [0.2, 0.25) is 0 Å². The third kappa shape index (κ3) is 7.64. The molecule has 0 aromatic heterocycles. The summed E-state index contributed by atoms with van der Waals surface area (Å²) in [5, 5.41) is 16.2. The van der Waals surface area contributed by atoms with E-state index in [1.54, 1.807) is 0 Å². The molecule has 17 heavy (non-hydrogen) atoms. The van der Waals surface area contributed by atoms with Crippen molar-refractivity contribution in [3.63, 3.8) is 0 Å². The van der Waals surface area contributed by atoms with Crippen LogP contribution >= 0.6 is 37.4 Å². The Balaban J connectivity index is -0.000000980. The van der Waals surface area contributed by atoms with Crippen molar-refractivity contribution < 1.29 is 14.3 Å².